The van der Waals surface area contributed by atoms with E-state index in [1.165, 1.54) is 0 Å². The summed E-state index contributed by atoms with van der Waals surface area (Å²) in [4.78, 5) is 0. The Morgan fingerprint density at radius 2 is 1.93 bits per heavy atom. The van der Waals surface area contributed by atoms with Crippen LogP contribution in [0, 0.1) is 0 Å². The molecule has 0 aliphatic rings. The first-order chi connectivity index (χ1) is 7.01. The largest absolute Gasteiger partial charge is 0.395 e. The summed E-state index contributed by atoms with van der Waals surface area (Å²) in [5.74, 6) is 0. The van der Waals surface area contributed by atoms with E-state index in [0.717, 1.165) is 11.8 Å². The summed E-state index contributed by atoms with van der Waals surface area (Å²) in [5.41, 5.74) is 0.993. The molecule has 0 aliphatic heterocycles. The van der Waals surface area contributed by atoms with Crippen molar-refractivity contribution < 1.29 is 13.5 Å². The highest BCUT2D eigenvalue weighted by Gasteiger charge is 2.12. The lowest BCUT2D eigenvalue weighted by molar-refractivity contribution is 0.256. The molecular weight excluding hydrogens is 214 g/mol. The molecular formula is C10H15NO3S. The van der Waals surface area contributed by atoms with Crippen LogP contribution in [0.25, 0.3) is 0 Å². The van der Waals surface area contributed by atoms with Gasteiger partial charge in [-0.1, -0.05) is 30.3 Å². The minimum absolute atomic E-state index is 0.206. The van der Waals surface area contributed by atoms with Crippen molar-refractivity contribution in [2.45, 2.75) is 12.5 Å². The Hall–Kier alpha value is -0.910. The summed E-state index contributed by atoms with van der Waals surface area (Å²) >= 11 is 0. The summed E-state index contributed by atoms with van der Waals surface area (Å²) < 4.78 is 24.3. The quantitative estimate of drug-likeness (QED) is 0.754. The van der Waals surface area contributed by atoms with Crippen molar-refractivity contribution in [1.82, 2.24) is 4.72 Å². The molecule has 1 aromatic carbocycles. The Morgan fingerprint density at radius 3 is 2.40 bits per heavy atom. The Labute approximate surface area is 90.0 Å². The number of hydrogen-bond donors (Lipinski definition) is 2. The van der Waals surface area contributed by atoms with Crippen molar-refractivity contribution in [3.63, 3.8) is 0 Å². The highest BCUT2D eigenvalue weighted by molar-refractivity contribution is 7.88. The van der Waals surface area contributed by atoms with Gasteiger partial charge in [-0.05, 0) is 12.0 Å². The first kappa shape index (κ1) is 12.2. The molecule has 0 aliphatic carbocycles. The fourth-order valence-corrected chi connectivity index (χ4v) is 2.11. The lowest BCUT2D eigenvalue weighted by Gasteiger charge is -2.14. The number of hydrogen-bond acceptors (Lipinski definition) is 3. The summed E-state index contributed by atoms with van der Waals surface area (Å²) in [6.45, 7) is -0.206. The average Bonchev–Trinajstić information content (AvgIpc) is 2.16. The summed E-state index contributed by atoms with van der Waals surface area (Å²) in [6.07, 6.45) is 1.57. The van der Waals surface area contributed by atoms with Crippen molar-refractivity contribution >= 4 is 10.0 Å². The molecule has 0 spiro atoms. The van der Waals surface area contributed by atoms with Crippen molar-refractivity contribution in [2.75, 3.05) is 12.9 Å². The molecule has 0 unspecified atom stereocenters. The molecule has 4 nitrogen and oxygen atoms in total. The van der Waals surface area contributed by atoms with Crippen LogP contribution in [0.15, 0.2) is 30.3 Å². The minimum Gasteiger partial charge on any atom is -0.395 e. The van der Waals surface area contributed by atoms with Crippen LogP contribution in [0.2, 0.25) is 0 Å². The van der Waals surface area contributed by atoms with Crippen LogP contribution in [0.1, 0.15) is 5.56 Å². The van der Waals surface area contributed by atoms with Gasteiger partial charge in [0.25, 0.3) is 0 Å². The van der Waals surface area contributed by atoms with Crippen LogP contribution in [0.3, 0.4) is 0 Å². The maximum Gasteiger partial charge on any atom is 0.209 e. The average molecular weight is 229 g/mol. The third kappa shape index (κ3) is 4.92. The zero-order valence-electron chi connectivity index (χ0n) is 8.55. The number of aliphatic hydroxyl groups is 1. The maximum atomic E-state index is 11.0. The summed E-state index contributed by atoms with van der Waals surface area (Å²) in [5, 5.41) is 9.02. The van der Waals surface area contributed by atoms with Gasteiger partial charge < -0.3 is 5.11 Å². The molecule has 84 valence electrons. The van der Waals surface area contributed by atoms with Gasteiger partial charge in [0.1, 0.15) is 0 Å². The van der Waals surface area contributed by atoms with Gasteiger partial charge >= 0.3 is 0 Å². The highest BCUT2D eigenvalue weighted by Crippen LogP contribution is 2.03. The second kappa shape index (κ2) is 5.25. The molecule has 0 heterocycles. The van der Waals surface area contributed by atoms with Crippen LogP contribution in [-0.4, -0.2) is 32.4 Å². The van der Waals surface area contributed by atoms with E-state index < -0.39 is 16.1 Å². The molecule has 5 heteroatoms. The predicted molar refractivity (Wildman–Crippen MR) is 59.0 cm³/mol. The van der Waals surface area contributed by atoms with Gasteiger partial charge in [-0.25, -0.2) is 13.1 Å². The van der Waals surface area contributed by atoms with E-state index in [1.807, 2.05) is 30.3 Å². The van der Waals surface area contributed by atoms with E-state index in [0.29, 0.717) is 6.42 Å². The fraction of sp³-hybridized carbons (Fsp3) is 0.400. The van der Waals surface area contributed by atoms with Gasteiger partial charge in [-0.15, -0.1) is 0 Å². The third-order valence-electron chi connectivity index (χ3n) is 1.93. The molecule has 0 saturated carbocycles. The van der Waals surface area contributed by atoms with Crippen LogP contribution < -0.4 is 4.72 Å². The second-order valence-electron chi connectivity index (χ2n) is 3.46. The topological polar surface area (TPSA) is 66.4 Å². The molecule has 1 aromatic rings. The van der Waals surface area contributed by atoms with E-state index in [4.69, 9.17) is 5.11 Å². The van der Waals surface area contributed by atoms with E-state index >= 15 is 0 Å². The lowest BCUT2D eigenvalue weighted by atomic mass is 10.1. The second-order valence-corrected chi connectivity index (χ2v) is 5.24. The van der Waals surface area contributed by atoms with Crippen molar-refractivity contribution in [3.8, 4) is 0 Å². The normalized spacial score (nSPS) is 13.7. The first-order valence-electron chi connectivity index (χ1n) is 4.63. The number of sulfonamides is 1. The van der Waals surface area contributed by atoms with Crippen molar-refractivity contribution in [3.05, 3.63) is 35.9 Å². The molecule has 0 amide bonds. The van der Waals surface area contributed by atoms with Gasteiger partial charge in [-0.3, -0.25) is 0 Å². The van der Waals surface area contributed by atoms with Gasteiger partial charge in [0, 0.05) is 6.04 Å². The van der Waals surface area contributed by atoms with E-state index in [1.54, 1.807) is 0 Å². The molecule has 15 heavy (non-hydrogen) atoms. The molecule has 1 atom stereocenters. The van der Waals surface area contributed by atoms with Crippen molar-refractivity contribution in [1.29, 1.82) is 0 Å². The van der Waals surface area contributed by atoms with E-state index in [-0.39, 0.29) is 6.61 Å². The monoisotopic (exact) mass is 229 g/mol. The number of rotatable bonds is 5. The number of nitrogens with one attached hydrogen (secondary N) is 1. The predicted octanol–water partition coefficient (Wildman–Crippen LogP) is 0.139. The van der Waals surface area contributed by atoms with Gasteiger partial charge in [0.2, 0.25) is 10.0 Å². The van der Waals surface area contributed by atoms with E-state index in [9.17, 15) is 8.42 Å². The van der Waals surface area contributed by atoms with Gasteiger partial charge in [-0.2, -0.15) is 0 Å². The molecule has 0 fully saturated rings. The zero-order chi connectivity index (χ0) is 11.3. The standard InChI is InChI=1S/C10H15NO3S/c1-15(13,14)11-10(8-12)7-9-5-3-2-4-6-9/h2-6,10-12H,7-8H2,1H3/t10-/m0/s1. The Bertz CT molecular complexity index is 388. The lowest BCUT2D eigenvalue weighted by Crippen LogP contribution is -2.38. The molecule has 2 N–H and O–H groups in total. The fourth-order valence-electron chi connectivity index (χ4n) is 1.34. The van der Waals surface area contributed by atoms with Crippen molar-refractivity contribution in [2.24, 2.45) is 0 Å². The first-order valence-corrected chi connectivity index (χ1v) is 6.52. The van der Waals surface area contributed by atoms with Gasteiger partial charge in [0.15, 0.2) is 0 Å². The van der Waals surface area contributed by atoms with Crippen LogP contribution >= 0.6 is 0 Å². The Balaban J connectivity index is 2.63. The summed E-state index contributed by atoms with van der Waals surface area (Å²) in [7, 11) is -3.27. The van der Waals surface area contributed by atoms with Crippen LogP contribution in [0.5, 0.6) is 0 Å². The Kier molecular flexibility index (Phi) is 4.26. The van der Waals surface area contributed by atoms with Crippen LogP contribution in [-0.2, 0) is 16.4 Å². The molecule has 0 saturated heterocycles. The Morgan fingerprint density at radius 1 is 1.33 bits per heavy atom. The highest BCUT2D eigenvalue weighted by atomic mass is 32.2. The number of aliphatic hydroxyl groups excluding tert-OH is 1. The van der Waals surface area contributed by atoms with E-state index in [2.05, 4.69) is 4.72 Å². The smallest absolute Gasteiger partial charge is 0.209 e. The third-order valence-corrected chi connectivity index (χ3v) is 2.69. The zero-order valence-corrected chi connectivity index (χ0v) is 9.37. The molecule has 1 rings (SSSR count). The summed E-state index contributed by atoms with van der Waals surface area (Å²) in [6, 6.07) is 8.98. The molecule has 0 bridgehead atoms. The molecule has 0 radical (unpaired) electrons. The minimum atomic E-state index is -3.27. The van der Waals surface area contributed by atoms with Gasteiger partial charge in [0.05, 0.1) is 12.9 Å². The SMILES string of the molecule is CS(=O)(=O)N[C@H](CO)Cc1ccccc1. The molecule has 0 aromatic heterocycles. The maximum absolute atomic E-state index is 11.0. The number of benzene rings is 1. The van der Waals surface area contributed by atoms with Crippen LogP contribution in [0.4, 0.5) is 0 Å².